The topological polar surface area (TPSA) is 34.1 Å². The lowest BCUT2D eigenvalue weighted by molar-refractivity contribution is 0.134. The van der Waals surface area contributed by atoms with E-state index < -0.39 is 0 Å². The first-order valence-electron chi connectivity index (χ1n) is 8.49. The average molecular weight is 352 g/mol. The van der Waals surface area contributed by atoms with Gasteiger partial charge in [0.15, 0.2) is 11.5 Å². The molecule has 0 spiro atoms. The second-order valence-corrected chi connectivity index (χ2v) is 6.86. The van der Waals surface area contributed by atoms with Crippen LogP contribution < -0.4 is 9.47 Å². The number of hydrogen-bond donors (Lipinski definition) is 0. The largest absolute Gasteiger partial charge is 0.454 e. The van der Waals surface area contributed by atoms with E-state index in [1.165, 1.54) is 11.1 Å². The van der Waals surface area contributed by atoms with Crippen LogP contribution in [0.15, 0.2) is 47.5 Å². The molecule has 0 amide bonds. The Labute approximate surface area is 153 Å². The molecule has 0 N–H and O–H groups in total. The molecule has 1 saturated carbocycles. The lowest BCUT2D eigenvalue weighted by Gasteiger charge is -2.38. The number of benzene rings is 2. The maximum atomic E-state index is 5.46. The summed E-state index contributed by atoms with van der Waals surface area (Å²) in [7, 11) is 2.17. The standard InChI is InChI=1S/C20H20N2O2S/c1-22(18-9-17(10-18)21-12-25)11-14-2-4-15(5-3-14)16-6-7-19-20(8-16)24-13-23-19/h2-8,17-18H,9-11,13H2,1H3/t17-,18+. The van der Waals surface area contributed by atoms with E-state index in [2.05, 4.69) is 64.7 Å². The highest BCUT2D eigenvalue weighted by molar-refractivity contribution is 7.78. The zero-order valence-corrected chi connectivity index (χ0v) is 15.0. The maximum Gasteiger partial charge on any atom is 0.231 e. The summed E-state index contributed by atoms with van der Waals surface area (Å²) in [4.78, 5) is 6.55. The van der Waals surface area contributed by atoms with Crippen molar-refractivity contribution in [2.24, 2.45) is 4.99 Å². The summed E-state index contributed by atoms with van der Waals surface area (Å²) in [6, 6.07) is 15.8. The summed E-state index contributed by atoms with van der Waals surface area (Å²) in [6.07, 6.45) is 2.16. The minimum Gasteiger partial charge on any atom is -0.454 e. The van der Waals surface area contributed by atoms with Gasteiger partial charge in [0.05, 0.1) is 11.2 Å². The number of aliphatic imine (C=N–C) groups is 1. The minimum absolute atomic E-state index is 0.307. The molecule has 0 bridgehead atoms. The first kappa shape index (κ1) is 16.3. The van der Waals surface area contributed by atoms with E-state index in [0.717, 1.165) is 36.4 Å². The summed E-state index contributed by atoms with van der Waals surface area (Å²) in [5, 5.41) is 2.49. The number of nitrogens with zero attached hydrogens (tertiary/aromatic N) is 2. The van der Waals surface area contributed by atoms with Crippen LogP contribution in [0.25, 0.3) is 11.1 Å². The Kier molecular flexibility index (Phi) is 4.53. The Morgan fingerprint density at radius 3 is 2.56 bits per heavy atom. The normalized spacial score (nSPS) is 20.9. The fraction of sp³-hybridized carbons (Fsp3) is 0.350. The zero-order valence-electron chi connectivity index (χ0n) is 14.1. The van der Waals surface area contributed by atoms with E-state index >= 15 is 0 Å². The predicted molar refractivity (Wildman–Crippen MR) is 101 cm³/mol. The van der Waals surface area contributed by atoms with E-state index in [0.29, 0.717) is 18.9 Å². The molecule has 2 aromatic rings. The fourth-order valence-electron chi connectivity index (χ4n) is 3.39. The van der Waals surface area contributed by atoms with Gasteiger partial charge >= 0.3 is 0 Å². The van der Waals surface area contributed by atoms with Crippen molar-refractivity contribution in [3.05, 3.63) is 48.0 Å². The molecular weight excluding hydrogens is 332 g/mol. The van der Waals surface area contributed by atoms with E-state index in [1.807, 2.05) is 12.1 Å². The third-order valence-corrected chi connectivity index (χ3v) is 5.14. The lowest BCUT2D eigenvalue weighted by Crippen LogP contribution is -2.44. The molecule has 1 aliphatic heterocycles. The number of ether oxygens (including phenoxy) is 2. The molecule has 0 unspecified atom stereocenters. The van der Waals surface area contributed by atoms with E-state index in [4.69, 9.17) is 9.47 Å². The number of fused-ring (bicyclic) bond motifs is 1. The highest BCUT2D eigenvalue weighted by atomic mass is 32.1. The average Bonchev–Trinajstić information content (AvgIpc) is 3.06. The summed E-state index contributed by atoms with van der Waals surface area (Å²) < 4.78 is 10.8. The van der Waals surface area contributed by atoms with Crippen LogP contribution in [0.1, 0.15) is 18.4 Å². The molecule has 2 aromatic carbocycles. The Morgan fingerprint density at radius 2 is 1.80 bits per heavy atom. The van der Waals surface area contributed by atoms with Crippen molar-refractivity contribution in [1.82, 2.24) is 4.90 Å². The van der Waals surface area contributed by atoms with Crippen LogP contribution in [0, 0.1) is 0 Å². The highest BCUT2D eigenvalue weighted by Gasteiger charge is 2.31. The molecule has 2 aliphatic rings. The van der Waals surface area contributed by atoms with Crippen LogP contribution >= 0.6 is 12.2 Å². The van der Waals surface area contributed by atoms with Crippen molar-refractivity contribution in [2.45, 2.75) is 31.5 Å². The molecule has 0 radical (unpaired) electrons. The van der Waals surface area contributed by atoms with Crippen molar-refractivity contribution in [1.29, 1.82) is 0 Å². The van der Waals surface area contributed by atoms with Crippen molar-refractivity contribution in [3.63, 3.8) is 0 Å². The molecule has 4 nitrogen and oxygen atoms in total. The van der Waals surface area contributed by atoms with Crippen LogP contribution in [0.4, 0.5) is 0 Å². The number of isothiocyanates is 1. The van der Waals surface area contributed by atoms with Gasteiger partial charge in [0.25, 0.3) is 0 Å². The van der Waals surface area contributed by atoms with E-state index in [1.54, 1.807) is 0 Å². The summed E-state index contributed by atoms with van der Waals surface area (Å²) >= 11 is 4.67. The number of hydrogen-bond acceptors (Lipinski definition) is 5. The van der Waals surface area contributed by atoms with Gasteiger partial charge in [-0.1, -0.05) is 30.3 Å². The molecule has 0 aromatic heterocycles. The van der Waals surface area contributed by atoms with Gasteiger partial charge in [0, 0.05) is 12.6 Å². The second kappa shape index (κ2) is 6.96. The van der Waals surface area contributed by atoms with Gasteiger partial charge in [0.2, 0.25) is 6.79 Å². The van der Waals surface area contributed by atoms with Gasteiger partial charge in [-0.15, -0.1) is 0 Å². The first-order valence-corrected chi connectivity index (χ1v) is 8.90. The summed E-state index contributed by atoms with van der Waals surface area (Å²) in [5.41, 5.74) is 3.64. The molecule has 0 saturated heterocycles. The van der Waals surface area contributed by atoms with Crippen LogP contribution in [0.5, 0.6) is 11.5 Å². The van der Waals surface area contributed by atoms with Crippen LogP contribution in [0.3, 0.4) is 0 Å². The molecule has 1 heterocycles. The quantitative estimate of drug-likeness (QED) is 0.598. The Balaban J connectivity index is 1.40. The fourth-order valence-corrected chi connectivity index (χ4v) is 3.54. The van der Waals surface area contributed by atoms with Gasteiger partial charge in [0.1, 0.15) is 0 Å². The molecule has 1 fully saturated rings. The van der Waals surface area contributed by atoms with Crippen molar-refractivity contribution < 1.29 is 9.47 Å². The second-order valence-electron chi connectivity index (χ2n) is 6.68. The van der Waals surface area contributed by atoms with Crippen LogP contribution in [0.2, 0.25) is 0 Å². The van der Waals surface area contributed by atoms with E-state index in [9.17, 15) is 0 Å². The highest BCUT2D eigenvalue weighted by Crippen LogP contribution is 2.36. The number of thiocarbonyl (C=S) groups is 1. The predicted octanol–water partition coefficient (Wildman–Crippen LogP) is 4.15. The van der Waals surface area contributed by atoms with Crippen LogP contribution in [-0.4, -0.2) is 36.0 Å². The molecule has 25 heavy (non-hydrogen) atoms. The minimum atomic E-state index is 0.307. The maximum absolute atomic E-state index is 5.46. The Morgan fingerprint density at radius 1 is 1.08 bits per heavy atom. The summed E-state index contributed by atoms with van der Waals surface area (Å²) in [6.45, 7) is 1.25. The SMILES string of the molecule is CN(Cc1ccc(-c2ccc3c(c2)OCO3)cc1)[C@H]1C[C@@H](N=C=S)C1. The molecule has 0 atom stereocenters. The third-order valence-electron chi connectivity index (χ3n) is 5.04. The lowest BCUT2D eigenvalue weighted by atomic mass is 9.86. The van der Waals surface area contributed by atoms with Gasteiger partial charge in [-0.3, -0.25) is 4.90 Å². The van der Waals surface area contributed by atoms with Gasteiger partial charge < -0.3 is 9.47 Å². The first-order chi connectivity index (χ1) is 12.2. The molecule has 5 heteroatoms. The van der Waals surface area contributed by atoms with Gasteiger partial charge in [-0.05, 0) is 60.9 Å². The zero-order chi connectivity index (χ0) is 17.2. The summed E-state index contributed by atoms with van der Waals surface area (Å²) in [5.74, 6) is 1.64. The van der Waals surface area contributed by atoms with Crippen molar-refractivity contribution >= 4 is 17.4 Å². The monoisotopic (exact) mass is 352 g/mol. The number of rotatable bonds is 5. The van der Waals surface area contributed by atoms with Crippen molar-refractivity contribution in [2.75, 3.05) is 13.8 Å². The van der Waals surface area contributed by atoms with E-state index in [-0.39, 0.29) is 0 Å². The molecular formula is C20H20N2O2S. The molecule has 1 aliphatic carbocycles. The van der Waals surface area contributed by atoms with Crippen LogP contribution in [-0.2, 0) is 6.54 Å². The van der Waals surface area contributed by atoms with Gasteiger partial charge in [-0.2, -0.15) is 0 Å². The van der Waals surface area contributed by atoms with Crippen molar-refractivity contribution in [3.8, 4) is 22.6 Å². The Bertz CT molecular complexity index is 809. The smallest absolute Gasteiger partial charge is 0.231 e. The molecule has 128 valence electrons. The van der Waals surface area contributed by atoms with Gasteiger partial charge in [-0.25, -0.2) is 4.99 Å². The molecule has 4 rings (SSSR count). The third kappa shape index (κ3) is 3.45. The Hall–Kier alpha value is -2.20.